The maximum atomic E-state index is 12.4. The lowest BCUT2D eigenvalue weighted by atomic mass is 9.78. The van der Waals surface area contributed by atoms with E-state index in [-0.39, 0.29) is 18.4 Å². The number of hydrogen-bond donors (Lipinski definition) is 2. The van der Waals surface area contributed by atoms with Crippen molar-refractivity contribution in [2.24, 2.45) is 17.6 Å². The third-order valence-corrected chi connectivity index (χ3v) is 3.81. The van der Waals surface area contributed by atoms with Crippen molar-refractivity contribution in [1.82, 2.24) is 4.90 Å². The normalized spacial score (nSPS) is 24.6. The van der Waals surface area contributed by atoms with Crippen LogP contribution < -0.4 is 5.73 Å². The second kappa shape index (κ2) is 7.67. The third kappa shape index (κ3) is 3.96. The molecule has 4 nitrogen and oxygen atoms in total. The summed E-state index contributed by atoms with van der Waals surface area (Å²) >= 11 is 0. The van der Waals surface area contributed by atoms with Crippen LogP contribution in [0.5, 0.6) is 0 Å². The molecule has 0 aromatic heterocycles. The summed E-state index contributed by atoms with van der Waals surface area (Å²) in [6.07, 6.45) is 5.08. The van der Waals surface area contributed by atoms with Crippen molar-refractivity contribution >= 4 is 5.91 Å². The smallest absolute Gasteiger partial charge is 0.225 e. The van der Waals surface area contributed by atoms with E-state index in [1.54, 1.807) is 0 Å². The van der Waals surface area contributed by atoms with Crippen LogP contribution in [0.4, 0.5) is 0 Å². The lowest BCUT2D eigenvalue weighted by Gasteiger charge is -2.33. The number of carbonyl (C=O) groups excluding carboxylic acids is 1. The number of aliphatic hydroxyl groups is 1. The van der Waals surface area contributed by atoms with Gasteiger partial charge in [0.1, 0.15) is 0 Å². The molecular formula is C13H26N2O2. The van der Waals surface area contributed by atoms with E-state index in [9.17, 15) is 4.79 Å². The first-order valence-corrected chi connectivity index (χ1v) is 6.84. The summed E-state index contributed by atoms with van der Waals surface area (Å²) in [6, 6.07) is 0. The van der Waals surface area contributed by atoms with Crippen LogP contribution in [-0.4, -0.2) is 42.2 Å². The summed E-state index contributed by atoms with van der Waals surface area (Å²) in [5.74, 6) is 0.725. The molecule has 1 amide bonds. The Kier molecular flexibility index (Phi) is 6.52. The molecule has 100 valence electrons. The van der Waals surface area contributed by atoms with Gasteiger partial charge in [-0.05, 0) is 38.6 Å². The van der Waals surface area contributed by atoms with E-state index in [1.165, 1.54) is 6.42 Å². The molecule has 0 aromatic rings. The van der Waals surface area contributed by atoms with Gasteiger partial charge in [0.05, 0.1) is 0 Å². The largest absolute Gasteiger partial charge is 0.396 e. The molecule has 0 heterocycles. The van der Waals surface area contributed by atoms with E-state index in [1.807, 2.05) is 11.8 Å². The van der Waals surface area contributed by atoms with Crippen molar-refractivity contribution in [3.05, 3.63) is 0 Å². The zero-order chi connectivity index (χ0) is 12.7. The topological polar surface area (TPSA) is 66.6 Å². The lowest BCUT2D eigenvalue weighted by Crippen LogP contribution is -2.42. The van der Waals surface area contributed by atoms with Crippen molar-refractivity contribution in [3.63, 3.8) is 0 Å². The summed E-state index contributed by atoms with van der Waals surface area (Å²) < 4.78 is 0. The summed E-state index contributed by atoms with van der Waals surface area (Å²) in [6.45, 7) is 4.16. The van der Waals surface area contributed by atoms with Crippen molar-refractivity contribution in [2.45, 2.75) is 39.0 Å². The number of aliphatic hydroxyl groups excluding tert-OH is 1. The van der Waals surface area contributed by atoms with Crippen molar-refractivity contribution < 1.29 is 9.90 Å². The molecule has 0 aromatic carbocycles. The monoisotopic (exact) mass is 242 g/mol. The van der Waals surface area contributed by atoms with E-state index in [0.29, 0.717) is 25.4 Å². The minimum Gasteiger partial charge on any atom is -0.396 e. The molecule has 0 aliphatic heterocycles. The van der Waals surface area contributed by atoms with Crippen LogP contribution in [-0.2, 0) is 4.79 Å². The second-order valence-electron chi connectivity index (χ2n) is 4.88. The highest BCUT2D eigenvalue weighted by atomic mass is 16.3. The fourth-order valence-electron chi connectivity index (χ4n) is 2.74. The van der Waals surface area contributed by atoms with Gasteiger partial charge < -0.3 is 15.7 Å². The number of hydrogen-bond acceptors (Lipinski definition) is 3. The van der Waals surface area contributed by atoms with Gasteiger partial charge in [0.2, 0.25) is 5.91 Å². The predicted molar refractivity (Wildman–Crippen MR) is 68.5 cm³/mol. The molecule has 1 aliphatic carbocycles. The Labute approximate surface area is 104 Å². The molecule has 2 unspecified atom stereocenters. The van der Waals surface area contributed by atoms with Gasteiger partial charge in [-0.3, -0.25) is 4.79 Å². The minimum atomic E-state index is 0.118. The van der Waals surface area contributed by atoms with Gasteiger partial charge in [-0.15, -0.1) is 0 Å². The van der Waals surface area contributed by atoms with Gasteiger partial charge in [0, 0.05) is 25.6 Å². The highest BCUT2D eigenvalue weighted by molar-refractivity contribution is 5.79. The molecule has 4 heteroatoms. The first kappa shape index (κ1) is 14.5. The molecule has 2 atom stereocenters. The minimum absolute atomic E-state index is 0.118. The number of carbonyl (C=O) groups is 1. The zero-order valence-corrected chi connectivity index (χ0v) is 10.9. The van der Waals surface area contributed by atoms with Gasteiger partial charge in [-0.2, -0.15) is 0 Å². The Balaban J connectivity index is 2.57. The maximum Gasteiger partial charge on any atom is 0.225 e. The van der Waals surface area contributed by atoms with Crippen LogP contribution in [0, 0.1) is 11.8 Å². The fraction of sp³-hybridized carbons (Fsp3) is 0.923. The average molecular weight is 242 g/mol. The van der Waals surface area contributed by atoms with Crippen LogP contribution in [0.1, 0.15) is 39.0 Å². The second-order valence-corrected chi connectivity index (χ2v) is 4.88. The van der Waals surface area contributed by atoms with Crippen LogP contribution >= 0.6 is 0 Å². The summed E-state index contributed by atoms with van der Waals surface area (Å²) in [5, 5.41) is 8.84. The van der Waals surface area contributed by atoms with Crippen LogP contribution in [0.3, 0.4) is 0 Å². The number of rotatable bonds is 6. The first-order chi connectivity index (χ1) is 8.24. The molecule has 1 saturated carbocycles. The van der Waals surface area contributed by atoms with Crippen molar-refractivity contribution in [3.8, 4) is 0 Å². The maximum absolute atomic E-state index is 12.4. The van der Waals surface area contributed by atoms with Gasteiger partial charge in [-0.25, -0.2) is 0 Å². The Bertz CT molecular complexity index is 233. The molecule has 0 saturated heterocycles. The summed E-state index contributed by atoms with van der Waals surface area (Å²) in [4.78, 5) is 14.3. The van der Waals surface area contributed by atoms with Crippen LogP contribution in [0.2, 0.25) is 0 Å². The lowest BCUT2D eigenvalue weighted by molar-refractivity contribution is -0.138. The standard InChI is InChI=1S/C13H26N2O2/c1-2-15(8-5-9-16)13(17)12-7-4-3-6-11(12)10-14/h11-12,16H,2-10,14H2,1H3. The molecule has 3 N–H and O–H groups in total. The van der Waals surface area contributed by atoms with Gasteiger partial charge in [0.15, 0.2) is 0 Å². The first-order valence-electron chi connectivity index (χ1n) is 6.84. The van der Waals surface area contributed by atoms with Gasteiger partial charge in [-0.1, -0.05) is 12.8 Å². The molecule has 1 fully saturated rings. The molecular weight excluding hydrogens is 216 g/mol. The third-order valence-electron chi connectivity index (χ3n) is 3.81. The Hall–Kier alpha value is -0.610. The van der Waals surface area contributed by atoms with E-state index in [4.69, 9.17) is 10.8 Å². The van der Waals surface area contributed by atoms with Gasteiger partial charge >= 0.3 is 0 Å². The Morgan fingerprint density at radius 3 is 2.71 bits per heavy atom. The Morgan fingerprint density at radius 2 is 2.12 bits per heavy atom. The van der Waals surface area contributed by atoms with Crippen molar-refractivity contribution in [1.29, 1.82) is 0 Å². The van der Waals surface area contributed by atoms with E-state index >= 15 is 0 Å². The van der Waals surface area contributed by atoms with Crippen molar-refractivity contribution in [2.75, 3.05) is 26.2 Å². The quantitative estimate of drug-likeness (QED) is 0.729. The molecule has 1 aliphatic rings. The Morgan fingerprint density at radius 1 is 1.41 bits per heavy atom. The predicted octanol–water partition coefficient (Wildman–Crippen LogP) is 0.982. The van der Waals surface area contributed by atoms with E-state index in [2.05, 4.69) is 0 Å². The molecule has 0 radical (unpaired) electrons. The number of amides is 1. The molecule has 1 rings (SSSR count). The number of nitrogens with two attached hydrogens (primary N) is 1. The SMILES string of the molecule is CCN(CCCO)C(=O)C1CCCCC1CN. The molecule has 17 heavy (non-hydrogen) atoms. The molecule has 0 spiro atoms. The highest BCUT2D eigenvalue weighted by Crippen LogP contribution is 2.30. The van der Waals surface area contributed by atoms with Crippen LogP contribution in [0.25, 0.3) is 0 Å². The van der Waals surface area contributed by atoms with Crippen LogP contribution in [0.15, 0.2) is 0 Å². The zero-order valence-electron chi connectivity index (χ0n) is 10.9. The van der Waals surface area contributed by atoms with Gasteiger partial charge in [0.25, 0.3) is 0 Å². The molecule has 0 bridgehead atoms. The summed E-state index contributed by atoms with van der Waals surface area (Å²) in [5.41, 5.74) is 5.76. The number of nitrogens with zero attached hydrogens (tertiary/aromatic N) is 1. The fourth-order valence-corrected chi connectivity index (χ4v) is 2.74. The summed E-state index contributed by atoms with van der Waals surface area (Å²) in [7, 11) is 0. The average Bonchev–Trinajstić information content (AvgIpc) is 2.39. The van der Waals surface area contributed by atoms with E-state index in [0.717, 1.165) is 25.8 Å². The van der Waals surface area contributed by atoms with E-state index < -0.39 is 0 Å². The highest BCUT2D eigenvalue weighted by Gasteiger charge is 2.32.